The van der Waals surface area contributed by atoms with Crippen LogP contribution in [0.15, 0.2) is 10.9 Å². The van der Waals surface area contributed by atoms with Gasteiger partial charge in [-0.05, 0) is 70.2 Å². The zero-order valence-electron chi connectivity index (χ0n) is 15.1. The fraction of sp³-hybridized carbons (Fsp3) is 0.684. The lowest BCUT2D eigenvalue weighted by Gasteiger charge is -2.23. The van der Waals surface area contributed by atoms with Gasteiger partial charge in [0.15, 0.2) is 0 Å². The second kappa shape index (κ2) is 7.09. The molecule has 1 aromatic rings. The van der Waals surface area contributed by atoms with Gasteiger partial charge in [-0.15, -0.1) is 0 Å². The van der Waals surface area contributed by atoms with E-state index in [1.165, 1.54) is 19.3 Å². The van der Waals surface area contributed by atoms with Gasteiger partial charge in [0.25, 0.3) is 11.5 Å². The predicted octanol–water partition coefficient (Wildman–Crippen LogP) is 2.09. The number of aromatic nitrogens is 1. The SMILES string of the molecule is CCN1CCC[C@@H]1CNC(=O)c1c(C)cc(C)n(CC2CC2)c1=O. The van der Waals surface area contributed by atoms with E-state index in [9.17, 15) is 9.59 Å². The zero-order valence-corrected chi connectivity index (χ0v) is 15.1. The molecule has 132 valence electrons. The van der Waals surface area contributed by atoms with Crippen molar-refractivity contribution >= 4 is 5.91 Å². The van der Waals surface area contributed by atoms with Crippen LogP contribution in [0.25, 0.3) is 0 Å². The molecule has 5 heteroatoms. The molecule has 2 fully saturated rings. The Morgan fingerprint density at radius 1 is 1.29 bits per heavy atom. The number of hydrogen-bond acceptors (Lipinski definition) is 3. The van der Waals surface area contributed by atoms with E-state index < -0.39 is 0 Å². The first-order chi connectivity index (χ1) is 11.5. The number of hydrogen-bond donors (Lipinski definition) is 1. The highest BCUT2D eigenvalue weighted by molar-refractivity contribution is 5.95. The molecule has 1 amide bonds. The number of carbonyl (C=O) groups excluding carboxylic acids is 1. The minimum Gasteiger partial charge on any atom is -0.350 e. The van der Waals surface area contributed by atoms with Crippen molar-refractivity contribution in [3.05, 3.63) is 33.2 Å². The van der Waals surface area contributed by atoms with Crippen molar-refractivity contribution in [3.63, 3.8) is 0 Å². The topological polar surface area (TPSA) is 54.3 Å². The number of carbonyl (C=O) groups is 1. The van der Waals surface area contributed by atoms with E-state index in [4.69, 9.17) is 0 Å². The number of nitrogens with one attached hydrogen (secondary N) is 1. The van der Waals surface area contributed by atoms with Gasteiger partial charge < -0.3 is 9.88 Å². The molecule has 0 unspecified atom stereocenters. The molecule has 2 aliphatic rings. The van der Waals surface area contributed by atoms with Gasteiger partial charge >= 0.3 is 0 Å². The van der Waals surface area contributed by atoms with Gasteiger partial charge in [-0.3, -0.25) is 14.5 Å². The normalized spacial score (nSPS) is 21.2. The van der Waals surface area contributed by atoms with Crippen LogP contribution in [0.1, 0.15) is 54.2 Å². The summed E-state index contributed by atoms with van der Waals surface area (Å²) in [5, 5.41) is 3.01. The van der Waals surface area contributed by atoms with E-state index in [2.05, 4.69) is 17.1 Å². The lowest BCUT2D eigenvalue weighted by molar-refractivity contribution is 0.0938. The Kier molecular flexibility index (Phi) is 5.09. The van der Waals surface area contributed by atoms with Crippen LogP contribution in [-0.4, -0.2) is 41.1 Å². The molecule has 0 bridgehead atoms. The van der Waals surface area contributed by atoms with Crippen molar-refractivity contribution < 1.29 is 4.79 Å². The summed E-state index contributed by atoms with van der Waals surface area (Å²) in [6.07, 6.45) is 4.69. The maximum atomic E-state index is 12.8. The van der Waals surface area contributed by atoms with Crippen LogP contribution in [0.3, 0.4) is 0 Å². The van der Waals surface area contributed by atoms with E-state index >= 15 is 0 Å². The largest absolute Gasteiger partial charge is 0.350 e. The van der Waals surface area contributed by atoms with Crippen LogP contribution in [-0.2, 0) is 6.54 Å². The highest BCUT2D eigenvalue weighted by Gasteiger charge is 2.26. The summed E-state index contributed by atoms with van der Waals surface area (Å²) in [5.41, 5.74) is 1.92. The Hall–Kier alpha value is -1.62. The van der Waals surface area contributed by atoms with Crippen LogP contribution in [0.5, 0.6) is 0 Å². The Morgan fingerprint density at radius 3 is 2.71 bits per heavy atom. The smallest absolute Gasteiger partial charge is 0.263 e. The molecule has 24 heavy (non-hydrogen) atoms. The third-order valence-electron chi connectivity index (χ3n) is 5.47. The summed E-state index contributed by atoms with van der Waals surface area (Å²) < 4.78 is 1.79. The van der Waals surface area contributed by atoms with Gasteiger partial charge in [-0.25, -0.2) is 0 Å². The molecule has 5 nitrogen and oxygen atoms in total. The minimum atomic E-state index is -0.218. The molecule has 1 atom stereocenters. The molecule has 0 aromatic carbocycles. The maximum absolute atomic E-state index is 12.8. The molecular formula is C19H29N3O2. The van der Waals surface area contributed by atoms with Crippen molar-refractivity contribution in [2.24, 2.45) is 5.92 Å². The van der Waals surface area contributed by atoms with Gasteiger partial charge in [0.05, 0.1) is 0 Å². The molecule has 3 rings (SSSR count). The quantitative estimate of drug-likeness (QED) is 0.868. The molecule has 1 saturated carbocycles. The minimum absolute atomic E-state index is 0.129. The van der Waals surface area contributed by atoms with Crippen molar-refractivity contribution in [1.29, 1.82) is 0 Å². The van der Waals surface area contributed by atoms with E-state index in [1.807, 2.05) is 19.9 Å². The Bertz CT molecular complexity index is 676. The van der Waals surface area contributed by atoms with Crippen molar-refractivity contribution in [1.82, 2.24) is 14.8 Å². The van der Waals surface area contributed by atoms with E-state index in [-0.39, 0.29) is 11.5 Å². The third-order valence-corrected chi connectivity index (χ3v) is 5.47. The second-order valence-corrected chi connectivity index (χ2v) is 7.34. The summed E-state index contributed by atoms with van der Waals surface area (Å²) in [6, 6.07) is 2.37. The molecule has 2 heterocycles. The molecule has 0 radical (unpaired) electrons. The summed E-state index contributed by atoms with van der Waals surface area (Å²) in [7, 11) is 0. The standard InChI is InChI=1S/C19H29N3O2/c1-4-21-9-5-6-16(21)11-20-18(23)17-13(2)10-14(3)22(19(17)24)12-15-7-8-15/h10,15-16H,4-9,11-12H2,1-3H3,(H,20,23)/t16-/m1/s1. The van der Waals surface area contributed by atoms with Crippen LogP contribution in [0.4, 0.5) is 0 Å². The fourth-order valence-corrected chi connectivity index (χ4v) is 3.83. The molecule has 1 saturated heterocycles. The molecular weight excluding hydrogens is 302 g/mol. The molecule has 1 aliphatic carbocycles. The average molecular weight is 331 g/mol. The number of rotatable bonds is 6. The van der Waals surface area contributed by atoms with Crippen molar-refractivity contribution in [2.45, 2.75) is 59.0 Å². The summed E-state index contributed by atoms with van der Waals surface area (Å²) in [6.45, 7) is 9.46. The lowest BCUT2D eigenvalue weighted by atomic mass is 10.1. The first-order valence-corrected chi connectivity index (χ1v) is 9.24. The average Bonchev–Trinajstić information content (AvgIpc) is 3.24. The van der Waals surface area contributed by atoms with E-state index in [1.54, 1.807) is 4.57 Å². The van der Waals surface area contributed by atoms with Crippen molar-refractivity contribution in [3.8, 4) is 0 Å². The zero-order chi connectivity index (χ0) is 17.3. The number of aryl methyl sites for hydroxylation is 2. The molecule has 0 spiro atoms. The second-order valence-electron chi connectivity index (χ2n) is 7.34. The Labute approximate surface area is 144 Å². The van der Waals surface area contributed by atoms with Crippen molar-refractivity contribution in [2.75, 3.05) is 19.6 Å². The molecule has 1 aliphatic heterocycles. The highest BCUT2D eigenvalue weighted by atomic mass is 16.2. The van der Waals surface area contributed by atoms with E-state index in [0.29, 0.717) is 24.1 Å². The Balaban J connectivity index is 1.75. The monoisotopic (exact) mass is 331 g/mol. The van der Waals surface area contributed by atoms with Gasteiger partial charge in [0.1, 0.15) is 5.56 Å². The van der Waals surface area contributed by atoms with E-state index in [0.717, 1.165) is 37.3 Å². The lowest BCUT2D eigenvalue weighted by Crippen LogP contribution is -2.42. The Morgan fingerprint density at radius 2 is 2.04 bits per heavy atom. The van der Waals surface area contributed by atoms with Gasteiger partial charge in [0.2, 0.25) is 0 Å². The molecule has 1 aromatic heterocycles. The number of amides is 1. The third kappa shape index (κ3) is 3.56. The van der Waals surface area contributed by atoms with Gasteiger partial charge in [-0.1, -0.05) is 6.92 Å². The maximum Gasteiger partial charge on any atom is 0.263 e. The van der Waals surface area contributed by atoms with Crippen LogP contribution in [0.2, 0.25) is 0 Å². The number of pyridine rings is 1. The van der Waals surface area contributed by atoms with Gasteiger partial charge in [0, 0.05) is 24.8 Å². The molecule has 1 N–H and O–H groups in total. The predicted molar refractivity (Wildman–Crippen MR) is 95.5 cm³/mol. The summed E-state index contributed by atoms with van der Waals surface area (Å²) in [4.78, 5) is 27.9. The first kappa shape index (κ1) is 17.2. The summed E-state index contributed by atoms with van der Waals surface area (Å²) >= 11 is 0. The van der Waals surface area contributed by atoms with Gasteiger partial charge in [-0.2, -0.15) is 0 Å². The number of nitrogens with zero attached hydrogens (tertiary/aromatic N) is 2. The number of likely N-dealkylation sites (tertiary alicyclic amines) is 1. The van der Waals surface area contributed by atoms with Crippen LogP contribution >= 0.6 is 0 Å². The summed E-state index contributed by atoms with van der Waals surface area (Å²) in [5.74, 6) is 0.390. The van der Waals surface area contributed by atoms with Crippen LogP contribution in [0, 0.1) is 19.8 Å². The fourth-order valence-electron chi connectivity index (χ4n) is 3.83. The number of likely N-dealkylation sites (N-methyl/N-ethyl adjacent to an activating group) is 1. The first-order valence-electron chi connectivity index (χ1n) is 9.24. The van der Waals surface area contributed by atoms with Crippen LogP contribution < -0.4 is 10.9 Å². The highest BCUT2D eigenvalue weighted by Crippen LogP contribution is 2.30.